The summed E-state index contributed by atoms with van der Waals surface area (Å²) in [7, 11) is 3.67. The normalized spacial score (nSPS) is 10.8. The zero-order chi connectivity index (χ0) is 17.1. The van der Waals surface area contributed by atoms with Gasteiger partial charge in [0.05, 0.1) is 19.0 Å². The molecule has 0 aliphatic carbocycles. The Hall–Kier alpha value is -1.62. The zero-order valence-corrected chi connectivity index (χ0v) is 15.6. The van der Waals surface area contributed by atoms with Crippen LogP contribution in [0.3, 0.4) is 0 Å². The van der Waals surface area contributed by atoms with Crippen LogP contribution in [-0.2, 0) is 12.8 Å². The first-order valence-electron chi connectivity index (χ1n) is 7.31. The lowest BCUT2D eigenvalue weighted by Crippen LogP contribution is -1.95. The highest BCUT2D eigenvalue weighted by atomic mass is 35.5. The van der Waals surface area contributed by atoms with Gasteiger partial charge in [0.25, 0.3) is 0 Å². The van der Waals surface area contributed by atoms with Gasteiger partial charge >= 0.3 is 0 Å². The molecule has 0 bridgehead atoms. The van der Waals surface area contributed by atoms with E-state index in [1.54, 1.807) is 24.9 Å². The van der Waals surface area contributed by atoms with Crippen LogP contribution in [0, 0.1) is 0 Å². The Labute approximate surface area is 155 Å². The van der Waals surface area contributed by atoms with Crippen LogP contribution in [0.15, 0.2) is 53.8 Å². The van der Waals surface area contributed by atoms with E-state index in [0.717, 1.165) is 33.5 Å². The van der Waals surface area contributed by atoms with Crippen LogP contribution >= 0.6 is 35.0 Å². The Morgan fingerprint density at radius 2 is 1.88 bits per heavy atom. The van der Waals surface area contributed by atoms with E-state index in [4.69, 9.17) is 27.9 Å². The molecule has 1 aromatic heterocycles. The first kappa shape index (κ1) is 17.2. The van der Waals surface area contributed by atoms with Crippen molar-refractivity contribution in [1.82, 2.24) is 9.55 Å². The number of aromatic nitrogens is 2. The summed E-state index contributed by atoms with van der Waals surface area (Å²) in [4.78, 5) is 4.52. The number of nitrogens with zero attached hydrogens (tertiary/aromatic N) is 2. The molecule has 0 N–H and O–H groups in total. The van der Waals surface area contributed by atoms with Crippen molar-refractivity contribution in [2.75, 3.05) is 7.11 Å². The molecule has 6 heteroatoms. The summed E-state index contributed by atoms with van der Waals surface area (Å²) in [6, 6.07) is 13.5. The zero-order valence-electron chi connectivity index (χ0n) is 13.3. The molecule has 0 amide bonds. The lowest BCUT2D eigenvalue weighted by molar-refractivity contribution is 0.415. The van der Waals surface area contributed by atoms with Crippen LogP contribution in [-0.4, -0.2) is 16.7 Å². The van der Waals surface area contributed by atoms with Crippen LogP contribution in [0.25, 0.3) is 11.3 Å². The summed E-state index contributed by atoms with van der Waals surface area (Å²) in [5, 5.41) is 2.26. The molecule has 3 nitrogen and oxygen atoms in total. The van der Waals surface area contributed by atoms with Crippen LogP contribution in [0.2, 0.25) is 10.0 Å². The molecule has 0 atom stereocenters. The number of methoxy groups -OCH3 is 1. The van der Waals surface area contributed by atoms with E-state index in [0.29, 0.717) is 10.0 Å². The molecule has 2 aromatic carbocycles. The van der Waals surface area contributed by atoms with E-state index < -0.39 is 0 Å². The number of hydrogen-bond acceptors (Lipinski definition) is 3. The van der Waals surface area contributed by atoms with Crippen molar-refractivity contribution in [3.63, 3.8) is 0 Å². The van der Waals surface area contributed by atoms with Gasteiger partial charge in [-0.1, -0.05) is 41.0 Å². The third-order valence-electron chi connectivity index (χ3n) is 3.70. The minimum atomic E-state index is 0.646. The highest BCUT2D eigenvalue weighted by Gasteiger charge is 2.10. The molecule has 0 aliphatic heterocycles. The molecule has 0 saturated heterocycles. The Morgan fingerprint density at radius 1 is 1.12 bits per heavy atom. The minimum absolute atomic E-state index is 0.646. The maximum absolute atomic E-state index is 6.23. The van der Waals surface area contributed by atoms with Crippen LogP contribution in [0.4, 0.5) is 0 Å². The van der Waals surface area contributed by atoms with Gasteiger partial charge in [-0.25, -0.2) is 4.98 Å². The van der Waals surface area contributed by atoms with Gasteiger partial charge in [-0.05, 0) is 42.0 Å². The number of halogens is 2. The molecular weight excluding hydrogens is 363 g/mol. The summed E-state index contributed by atoms with van der Waals surface area (Å²) in [5.41, 5.74) is 3.20. The molecule has 0 spiro atoms. The van der Waals surface area contributed by atoms with Gasteiger partial charge in [0.1, 0.15) is 5.75 Å². The molecule has 124 valence electrons. The summed E-state index contributed by atoms with van der Waals surface area (Å²) < 4.78 is 7.28. The first-order chi connectivity index (χ1) is 11.6. The fraction of sp³-hybridized carbons (Fsp3) is 0.167. The predicted molar refractivity (Wildman–Crippen MR) is 101 cm³/mol. The Kier molecular flexibility index (Phi) is 5.39. The third kappa shape index (κ3) is 3.72. The van der Waals surface area contributed by atoms with E-state index in [2.05, 4.69) is 9.55 Å². The quantitative estimate of drug-likeness (QED) is 0.533. The molecule has 0 saturated carbocycles. The standard InChI is InChI=1S/C18H16Cl2N2OS/c1-22-17(12-4-7-15(23-2)8-5-12)10-21-18(22)24-11-13-3-6-14(19)9-16(13)20/h3-10H,11H2,1-2H3. The SMILES string of the molecule is COc1ccc(-c2cnc(SCc3ccc(Cl)cc3Cl)n2C)cc1. The van der Waals surface area contributed by atoms with E-state index in [1.165, 1.54) is 0 Å². The van der Waals surface area contributed by atoms with Gasteiger partial charge in [-0.2, -0.15) is 0 Å². The topological polar surface area (TPSA) is 27.1 Å². The summed E-state index contributed by atoms with van der Waals surface area (Å²) in [6.07, 6.45) is 1.88. The lowest BCUT2D eigenvalue weighted by Gasteiger charge is -2.08. The van der Waals surface area contributed by atoms with Crippen molar-refractivity contribution < 1.29 is 4.74 Å². The predicted octanol–water partition coefficient (Wildman–Crippen LogP) is 5.69. The van der Waals surface area contributed by atoms with Crippen LogP contribution in [0.1, 0.15) is 5.56 Å². The Bertz CT molecular complexity index is 847. The number of thioether (sulfide) groups is 1. The highest BCUT2D eigenvalue weighted by molar-refractivity contribution is 7.98. The molecule has 0 aliphatic rings. The van der Waals surface area contributed by atoms with Crippen molar-refractivity contribution in [1.29, 1.82) is 0 Å². The smallest absolute Gasteiger partial charge is 0.168 e. The monoisotopic (exact) mass is 378 g/mol. The van der Waals surface area contributed by atoms with Crippen molar-refractivity contribution in [2.24, 2.45) is 7.05 Å². The third-order valence-corrected chi connectivity index (χ3v) is 5.38. The van der Waals surface area contributed by atoms with E-state index in [-0.39, 0.29) is 0 Å². The van der Waals surface area contributed by atoms with Gasteiger partial charge < -0.3 is 9.30 Å². The van der Waals surface area contributed by atoms with Gasteiger partial charge in [-0.3, -0.25) is 0 Å². The van der Waals surface area contributed by atoms with Gasteiger partial charge in [-0.15, -0.1) is 0 Å². The number of rotatable bonds is 5. The largest absolute Gasteiger partial charge is 0.497 e. The van der Waals surface area contributed by atoms with Crippen molar-refractivity contribution in [2.45, 2.75) is 10.9 Å². The fourth-order valence-electron chi connectivity index (χ4n) is 2.34. The summed E-state index contributed by atoms with van der Waals surface area (Å²) >= 11 is 13.8. The van der Waals surface area contributed by atoms with Gasteiger partial charge in [0.15, 0.2) is 5.16 Å². The lowest BCUT2D eigenvalue weighted by atomic mass is 10.1. The average Bonchev–Trinajstić information content (AvgIpc) is 2.95. The van der Waals surface area contributed by atoms with Crippen LogP contribution in [0.5, 0.6) is 5.75 Å². The number of ether oxygens (including phenoxy) is 1. The molecule has 24 heavy (non-hydrogen) atoms. The number of benzene rings is 2. The second-order valence-corrected chi connectivity index (χ2v) is 7.02. The maximum Gasteiger partial charge on any atom is 0.168 e. The molecule has 3 rings (SSSR count). The highest BCUT2D eigenvalue weighted by Crippen LogP contribution is 2.30. The van der Waals surface area contributed by atoms with Crippen molar-refractivity contribution >= 4 is 35.0 Å². The second kappa shape index (κ2) is 7.51. The number of imidazole rings is 1. The first-order valence-corrected chi connectivity index (χ1v) is 9.05. The van der Waals surface area contributed by atoms with Gasteiger partial charge in [0.2, 0.25) is 0 Å². The number of hydrogen-bond donors (Lipinski definition) is 0. The van der Waals surface area contributed by atoms with Crippen molar-refractivity contribution in [3.8, 4) is 17.0 Å². The maximum atomic E-state index is 6.23. The molecule has 0 radical (unpaired) electrons. The van der Waals surface area contributed by atoms with Crippen molar-refractivity contribution in [3.05, 3.63) is 64.3 Å². The second-order valence-electron chi connectivity index (χ2n) is 5.24. The van der Waals surface area contributed by atoms with E-state index in [1.807, 2.05) is 49.6 Å². The fourth-order valence-corrected chi connectivity index (χ4v) is 3.85. The summed E-state index contributed by atoms with van der Waals surface area (Å²) in [5.74, 6) is 1.58. The molecule has 0 unspecified atom stereocenters. The molecule has 0 fully saturated rings. The van der Waals surface area contributed by atoms with Crippen LogP contribution < -0.4 is 4.74 Å². The van der Waals surface area contributed by atoms with E-state index >= 15 is 0 Å². The van der Waals surface area contributed by atoms with Gasteiger partial charge in [0, 0.05) is 28.4 Å². The molecular formula is C18H16Cl2N2OS. The minimum Gasteiger partial charge on any atom is -0.497 e. The Morgan fingerprint density at radius 3 is 2.54 bits per heavy atom. The molecule has 3 aromatic rings. The molecule has 1 heterocycles. The van der Waals surface area contributed by atoms with E-state index in [9.17, 15) is 0 Å². The Balaban J connectivity index is 1.77. The summed E-state index contributed by atoms with van der Waals surface area (Å²) in [6.45, 7) is 0. The average molecular weight is 379 g/mol.